The maximum absolute atomic E-state index is 9.14. The van der Waals surface area contributed by atoms with Gasteiger partial charge in [-0.25, -0.2) is 10.5 Å². The molecule has 5 nitrogen and oxygen atoms in total. The molecule has 0 bridgehead atoms. The predicted molar refractivity (Wildman–Crippen MR) is 21.5 cm³/mol. The Morgan fingerprint density at radius 2 is 1.88 bits per heavy atom. The number of carboxylic acid groups (broad SMARTS) is 1. The van der Waals surface area contributed by atoms with Crippen LogP contribution < -0.4 is 5.11 Å². The first-order chi connectivity index (χ1) is 3.68. The van der Waals surface area contributed by atoms with E-state index >= 15 is 0 Å². The molecule has 0 saturated carbocycles. The van der Waals surface area contributed by atoms with Crippen LogP contribution in [-0.2, 0) is 9.83 Å². The molecule has 0 radical (unpaired) electrons. The first kappa shape index (κ1) is 10.1. The largest absolute Gasteiger partial charge is 0.545 e. The molecule has 0 saturated heterocycles. The van der Waals surface area contributed by atoms with Crippen LogP contribution in [0.4, 0.5) is 0 Å². The minimum atomic E-state index is -1.23. The summed E-state index contributed by atoms with van der Waals surface area (Å²) in [5.74, 6) is -1.23. The SMILES string of the molecule is C=CC(=O)[O-].OOO. The number of carboxylic acids is 1. The molecule has 0 fully saturated rings. The van der Waals surface area contributed by atoms with E-state index in [-0.39, 0.29) is 0 Å². The topological polar surface area (TPSA) is 89.8 Å². The van der Waals surface area contributed by atoms with Crippen molar-refractivity contribution in [3.05, 3.63) is 12.7 Å². The van der Waals surface area contributed by atoms with Crippen molar-refractivity contribution in [3.8, 4) is 0 Å². The first-order valence-corrected chi connectivity index (χ1v) is 1.47. The highest BCUT2D eigenvalue weighted by molar-refractivity contribution is 5.76. The Kier molecular flexibility index (Phi) is 12.0. The van der Waals surface area contributed by atoms with E-state index in [0.717, 1.165) is 6.08 Å². The lowest BCUT2D eigenvalue weighted by molar-refractivity contribution is -0.465. The van der Waals surface area contributed by atoms with Gasteiger partial charge in [-0.15, -0.1) is 0 Å². The van der Waals surface area contributed by atoms with Gasteiger partial charge in [0.2, 0.25) is 0 Å². The van der Waals surface area contributed by atoms with Crippen molar-refractivity contribution in [1.29, 1.82) is 0 Å². The van der Waals surface area contributed by atoms with Gasteiger partial charge in [-0.05, 0) is 6.08 Å². The summed E-state index contributed by atoms with van der Waals surface area (Å²) in [5, 5.41) is 24.6. The van der Waals surface area contributed by atoms with Crippen LogP contribution >= 0.6 is 0 Å². The van der Waals surface area contributed by atoms with Gasteiger partial charge in [0.1, 0.15) is 0 Å². The molecule has 5 heteroatoms. The minimum Gasteiger partial charge on any atom is -0.545 e. The van der Waals surface area contributed by atoms with E-state index in [1.807, 2.05) is 0 Å². The zero-order chi connectivity index (χ0) is 6.99. The average molecular weight is 121 g/mol. The first-order valence-electron chi connectivity index (χ1n) is 1.47. The van der Waals surface area contributed by atoms with Crippen molar-refractivity contribution in [3.63, 3.8) is 0 Å². The number of rotatable bonds is 1. The number of hydrogen-bond acceptors (Lipinski definition) is 5. The second kappa shape index (κ2) is 9.43. The molecule has 0 spiro atoms. The van der Waals surface area contributed by atoms with Gasteiger partial charge in [-0.3, -0.25) is 0 Å². The quantitative estimate of drug-likeness (QED) is 0.260. The molecular formula is C3H5O5-. The predicted octanol–water partition coefficient (Wildman–Crippen LogP) is -1.13. The molecule has 2 N–H and O–H groups in total. The molecule has 0 rings (SSSR count). The summed E-state index contributed by atoms with van der Waals surface area (Å²) >= 11 is 0. The summed E-state index contributed by atoms with van der Waals surface area (Å²) in [7, 11) is 0. The van der Waals surface area contributed by atoms with Crippen molar-refractivity contribution >= 4 is 5.97 Å². The molecule has 0 atom stereocenters. The molecule has 0 aromatic carbocycles. The Morgan fingerprint density at radius 1 is 1.75 bits per heavy atom. The van der Waals surface area contributed by atoms with Crippen LogP contribution in [0.1, 0.15) is 0 Å². The number of carbonyl (C=O) groups is 1. The van der Waals surface area contributed by atoms with E-state index < -0.39 is 5.97 Å². The van der Waals surface area contributed by atoms with E-state index in [4.69, 9.17) is 20.4 Å². The molecule has 0 aliphatic heterocycles. The summed E-state index contributed by atoms with van der Waals surface area (Å²) in [6, 6.07) is 0. The summed E-state index contributed by atoms with van der Waals surface area (Å²) < 4.78 is 0. The van der Waals surface area contributed by atoms with Crippen LogP contribution in [0.3, 0.4) is 0 Å². The number of hydrogen-bond donors (Lipinski definition) is 2. The third kappa shape index (κ3) is 71.7. The second-order valence-electron chi connectivity index (χ2n) is 0.605. The smallest absolute Gasteiger partial charge is 0.0636 e. The highest BCUT2D eigenvalue weighted by atomic mass is 17.4. The summed E-state index contributed by atoms with van der Waals surface area (Å²) in [4.78, 5) is 9.14. The van der Waals surface area contributed by atoms with E-state index in [0.29, 0.717) is 0 Å². The van der Waals surface area contributed by atoms with Crippen LogP contribution in [0.2, 0.25) is 0 Å². The monoisotopic (exact) mass is 121 g/mol. The Labute approximate surface area is 45.3 Å². The van der Waals surface area contributed by atoms with E-state index in [1.54, 1.807) is 0 Å². The van der Waals surface area contributed by atoms with Crippen molar-refractivity contribution in [1.82, 2.24) is 0 Å². The molecule has 0 unspecified atom stereocenters. The third-order valence-corrected chi connectivity index (χ3v) is 0.167. The van der Waals surface area contributed by atoms with Gasteiger partial charge < -0.3 is 9.90 Å². The maximum atomic E-state index is 9.14. The lowest BCUT2D eigenvalue weighted by Crippen LogP contribution is -2.17. The van der Waals surface area contributed by atoms with Crippen molar-refractivity contribution < 1.29 is 25.5 Å². The van der Waals surface area contributed by atoms with Gasteiger partial charge in [0.05, 0.1) is 5.97 Å². The fraction of sp³-hybridized carbons (Fsp3) is 0. The van der Waals surface area contributed by atoms with E-state index in [9.17, 15) is 0 Å². The average Bonchev–Trinajstić information content (AvgIpc) is 1.69. The molecule has 48 valence electrons. The molecule has 0 aliphatic rings. The fourth-order valence-corrected chi connectivity index (χ4v) is 0. The molecular weight excluding hydrogens is 116 g/mol. The highest BCUT2D eigenvalue weighted by Crippen LogP contribution is 1.47. The summed E-state index contributed by atoms with van der Waals surface area (Å²) in [6.45, 7) is 2.90. The summed E-state index contributed by atoms with van der Waals surface area (Å²) in [6.07, 6.45) is 0.722. The Balaban J connectivity index is 0. The van der Waals surface area contributed by atoms with Gasteiger partial charge in [0, 0.05) is 0 Å². The normalized spacial score (nSPS) is 6.25. The van der Waals surface area contributed by atoms with E-state index in [1.165, 1.54) is 0 Å². The third-order valence-electron chi connectivity index (χ3n) is 0.167. The minimum absolute atomic E-state index is 0.722. The Hall–Kier alpha value is -0.910. The van der Waals surface area contributed by atoms with Crippen LogP contribution in [-0.4, -0.2) is 16.5 Å². The standard InChI is InChI=1S/C3H4O2.H2O3/c1-2-3(4)5;1-3-2/h2H,1H2,(H,4,5);1-2H/p-1. The molecule has 0 amide bonds. The number of carbonyl (C=O) groups excluding carboxylic acids is 1. The Bertz CT molecular complexity index is 68.1. The van der Waals surface area contributed by atoms with Gasteiger partial charge in [-0.1, -0.05) is 11.6 Å². The Morgan fingerprint density at radius 3 is 1.88 bits per heavy atom. The zero-order valence-corrected chi connectivity index (χ0v) is 3.90. The van der Waals surface area contributed by atoms with Gasteiger partial charge in [0.25, 0.3) is 0 Å². The number of aliphatic carboxylic acids is 1. The van der Waals surface area contributed by atoms with Crippen LogP contribution in [0.5, 0.6) is 0 Å². The molecule has 0 aromatic rings. The second-order valence-corrected chi connectivity index (χ2v) is 0.605. The zero-order valence-electron chi connectivity index (χ0n) is 3.90. The fourth-order valence-electron chi connectivity index (χ4n) is 0. The van der Waals surface area contributed by atoms with Crippen molar-refractivity contribution in [2.24, 2.45) is 0 Å². The van der Waals surface area contributed by atoms with Crippen molar-refractivity contribution in [2.75, 3.05) is 0 Å². The van der Waals surface area contributed by atoms with Gasteiger partial charge >= 0.3 is 0 Å². The van der Waals surface area contributed by atoms with Crippen molar-refractivity contribution in [2.45, 2.75) is 0 Å². The molecule has 8 heavy (non-hydrogen) atoms. The summed E-state index contributed by atoms with van der Waals surface area (Å²) in [5.41, 5.74) is 0. The molecule has 0 aliphatic carbocycles. The van der Waals surface area contributed by atoms with Gasteiger partial charge in [0.15, 0.2) is 0 Å². The molecule has 0 aromatic heterocycles. The van der Waals surface area contributed by atoms with Gasteiger partial charge in [-0.2, -0.15) is 0 Å². The lowest BCUT2D eigenvalue weighted by atomic mass is 10.7. The highest BCUT2D eigenvalue weighted by Gasteiger charge is 1.55. The van der Waals surface area contributed by atoms with Crippen LogP contribution in [0, 0.1) is 0 Å². The lowest BCUT2D eigenvalue weighted by Gasteiger charge is -1.81. The van der Waals surface area contributed by atoms with E-state index in [2.05, 4.69) is 11.6 Å². The molecule has 0 heterocycles. The maximum Gasteiger partial charge on any atom is 0.0636 e. The van der Waals surface area contributed by atoms with Crippen LogP contribution in [0.25, 0.3) is 0 Å². The van der Waals surface area contributed by atoms with Crippen LogP contribution in [0.15, 0.2) is 12.7 Å².